The summed E-state index contributed by atoms with van der Waals surface area (Å²) < 4.78 is 0. The number of carboxylic acids is 1. The van der Waals surface area contributed by atoms with E-state index in [-0.39, 0.29) is 17.7 Å². The second kappa shape index (κ2) is 5.69. The minimum absolute atomic E-state index is 0.126. The summed E-state index contributed by atoms with van der Waals surface area (Å²) in [5, 5.41) is 11.9. The number of hydrogen-bond donors (Lipinski definition) is 3. The van der Waals surface area contributed by atoms with Gasteiger partial charge in [-0.15, -0.1) is 0 Å². The predicted octanol–water partition coefficient (Wildman–Crippen LogP) is 0.977. The maximum atomic E-state index is 12.1. The van der Waals surface area contributed by atoms with Crippen LogP contribution < -0.4 is 11.1 Å². The fourth-order valence-corrected chi connectivity index (χ4v) is 2.56. The smallest absolute Gasteiger partial charge is 0.326 e. The van der Waals surface area contributed by atoms with Gasteiger partial charge in [0.1, 0.15) is 6.04 Å². The van der Waals surface area contributed by atoms with Crippen molar-refractivity contribution in [3.8, 4) is 0 Å². The molecule has 2 unspecified atom stereocenters. The molecule has 104 valence electrons. The molecule has 1 rings (SSSR count). The van der Waals surface area contributed by atoms with Gasteiger partial charge in [0.15, 0.2) is 0 Å². The first-order valence-corrected chi connectivity index (χ1v) is 6.50. The molecule has 0 aromatic rings. The topological polar surface area (TPSA) is 92.4 Å². The average molecular weight is 256 g/mol. The van der Waals surface area contributed by atoms with Crippen LogP contribution in [0.1, 0.15) is 40.0 Å². The first-order valence-electron chi connectivity index (χ1n) is 6.50. The van der Waals surface area contributed by atoms with E-state index in [1.54, 1.807) is 20.8 Å². The molecule has 1 aliphatic rings. The van der Waals surface area contributed by atoms with Crippen LogP contribution >= 0.6 is 0 Å². The summed E-state index contributed by atoms with van der Waals surface area (Å²) in [5.74, 6) is -1.08. The highest BCUT2D eigenvalue weighted by molar-refractivity contribution is 5.85. The highest BCUT2D eigenvalue weighted by atomic mass is 16.4. The Morgan fingerprint density at radius 3 is 2.44 bits per heavy atom. The van der Waals surface area contributed by atoms with Crippen LogP contribution in [0.2, 0.25) is 0 Å². The molecule has 1 saturated carbocycles. The Kier molecular flexibility index (Phi) is 4.73. The van der Waals surface area contributed by atoms with E-state index in [4.69, 9.17) is 5.73 Å². The minimum atomic E-state index is -0.988. The molecule has 0 heterocycles. The number of amides is 1. The van der Waals surface area contributed by atoms with Crippen LogP contribution in [-0.2, 0) is 9.59 Å². The van der Waals surface area contributed by atoms with Crippen molar-refractivity contribution < 1.29 is 14.7 Å². The molecule has 0 aromatic carbocycles. The Morgan fingerprint density at radius 2 is 2.00 bits per heavy atom. The molecular weight excluding hydrogens is 232 g/mol. The van der Waals surface area contributed by atoms with Gasteiger partial charge in [0, 0.05) is 5.92 Å². The molecule has 0 radical (unpaired) electrons. The first-order chi connectivity index (χ1) is 8.27. The van der Waals surface area contributed by atoms with Gasteiger partial charge in [-0.2, -0.15) is 0 Å². The number of carbonyl (C=O) groups excluding carboxylic acids is 1. The van der Waals surface area contributed by atoms with Crippen LogP contribution in [-0.4, -0.2) is 29.6 Å². The van der Waals surface area contributed by atoms with Gasteiger partial charge in [-0.25, -0.2) is 4.79 Å². The number of nitrogens with one attached hydrogen (secondary N) is 1. The summed E-state index contributed by atoms with van der Waals surface area (Å²) in [7, 11) is 0. The Bertz CT molecular complexity index is 323. The Hall–Kier alpha value is -1.10. The molecule has 1 aliphatic carbocycles. The molecule has 5 nitrogen and oxygen atoms in total. The van der Waals surface area contributed by atoms with Gasteiger partial charge in [-0.1, -0.05) is 27.2 Å². The summed E-state index contributed by atoms with van der Waals surface area (Å²) in [6.07, 6.45) is 2.76. The summed E-state index contributed by atoms with van der Waals surface area (Å²) in [6.45, 7) is 5.91. The SMILES string of the molecule is CC(C)(C)[C@H](NC(=O)C1CCCC1CN)C(=O)O. The second-order valence-corrected chi connectivity index (χ2v) is 6.18. The largest absolute Gasteiger partial charge is 0.480 e. The highest BCUT2D eigenvalue weighted by Crippen LogP contribution is 2.31. The summed E-state index contributed by atoms with van der Waals surface area (Å²) in [6, 6.07) is -0.857. The maximum absolute atomic E-state index is 12.1. The molecule has 18 heavy (non-hydrogen) atoms. The summed E-state index contributed by atoms with van der Waals surface area (Å²) >= 11 is 0. The van der Waals surface area contributed by atoms with Crippen molar-refractivity contribution in [1.82, 2.24) is 5.32 Å². The van der Waals surface area contributed by atoms with Gasteiger partial charge in [0.05, 0.1) is 0 Å². The zero-order valence-corrected chi connectivity index (χ0v) is 11.4. The van der Waals surface area contributed by atoms with E-state index >= 15 is 0 Å². The standard InChI is InChI=1S/C13H24N2O3/c1-13(2,3)10(12(17)18)15-11(16)9-6-4-5-8(9)7-14/h8-10H,4-7,14H2,1-3H3,(H,15,16)(H,17,18)/t8?,9?,10-/m1/s1. The van der Waals surface area contributed by atoms with E-state index in [1.165, 1.54) is 0 Å². The number of nitrogens with two attached hydrogens (primary N) is 1. The average Bonchev–Trinajstić information content (AvgIpc) is 2.71. The van der Waals surface area contributed by atoms with E-state index < -0.39 is 17.4 Å². The molecule has 0 aliphatic heterocycles. The summed E-state index contributed by atoms with van der Waals surface area (Å²) in [4.78, 5) is 23.4. The second-order valence-electron chi connectivity index (χ2n) is 6.18. The van der Waals surface area contributed by atoms with Crippen LogP contribution in [0, 0.1) is 17.3 Å². The molecule has 0 bridgehead atoms. The number of carboxylic acid groups (broad SMARTS) is 1. The molecule has 4 N–H and O–H groups in total. The van der Waals surface area contributed by atoms with E-state index in [0.717, 1.165) is 19.3 Å². The molecule has 0 spiro atoms. The van der Waals surface area contributed by atoms with Crippen molar-refractivity contribution in [2.24, 2.45) is 23.0 Å². The number of carbonyl (C=O) groups is 2. The molecule has 0 saturated heterocycles. The molecule has 1 fully saturated rings. The number of hydrogen-bond acceptors (Lipinski definition) is 3. The lowest BCUT2D eigenvalue weighted by atomic mass is 9.85. The van der Waals surface area contributed by atoms with Gasteiger partial charge in [-0.05, 0) is 30.7 Å². The normalized spacial score (nSPS) is 25.8. The maximum Gasteiger partial charge on any atom is 0.326 e. The van der Waals surface area contributed by atoms with Crippen LogP contribution in [0.5, 0.6) is 0 Å². The third-order valence-corrected chi connectivity index (χ3v) is 3.70. The van der Waals surface area contributed by atoms with Crippen LogP contribution in [0.15, 0.2) is 0 Å². The first kappa shape index (κ1) is 15.0. The summed E-state index contributed by atoms with van der Waals surface area (Å²) in [5.41, 5.74) is 5.14. The zero-order chi connectivity index (χ0) is 13.9. The number of aliphatic carboxylic acids is 1. The van der Waals surface area contributed by atoms with Gasteiger partial charge in [0.25, 0.3) is 0 Å². The fourth-order valence-electron chi connectivity index (χ4n) is 2.56. The third kappa shape index (κ3) is 3.45. The van der Waals surface area contributed by atoms with E-state index in [1.807, 2.05) is 0 Å². The fraction of sp³-hybridized carbons (Fsp3) is 0.846. The van der Waals surface area contributed by atoms with Crippen molar-refractivity contribution in [3.63, 3.8) is 0 Å². The van der Waals surface area contributed by atoms with Gasteiger partial charge >= 0.3 is 5.97 Å². The van der Waals surface area contributed by atoms with Crippen LogP contribution in [0.3, 0.4) is 0 Å². The number of rotatable bonds is 4. The minimum Gasteiger partial charge on any atom is -0.480 e. The van der Waals surface area contributed by atoms with Crippen LogP contribution in [0.4, 0.5) is 0 Å². The van der Waals surface area contributed by atoms with Gasteiger partial charge in [0.2, 0.25) is 5.91 Å². The van der Waals surface area contributed by atoms with Crippen molar-refractivity contribution >= 4 is 11.9 Å². The van der Waals surface area contributed by atoms with Crippen molar-refractivity contribution in [2.45, 2.75) is 46.1 Å². The van der Waals surface area contributed by atoms with E-state index in [0.29, 0.717) is 6.54 Å². The lowest BCUT2D eigenvalue weighted by Crippen LogP contribution is -2.51. The third-order valence-electron chi connectivity index (χ3n) is 3.70. The molecule has 5 heteroatoms. The van der Waals surface area contributed by atoms with E-state index in [9.17, 15) is 14.7 Å². The molecular formula is C13H24N2O3. The Labute approximate surface area is 108 Å². The Balaban J connectivity index is 2.70. The van der Waals surface area contributed by atoms with Gasteiger partial charge in [-0.3, -0.25) is 4.79 Å². The highest BCUT2D eigenvalue weighted by Gasteiger charge is 2.37. The predicted molar refractivity (Wildman–Crippen MR) is 68.9 cm³/mol. The zero-order valence-electron chi connectivity index (χ0n) is 11.4. The quantitative estimate of drug-likeness (QED) is 0.699. The lowest BCUT2D eigenvalue weighted by Gasteiger charge is -2.29. The molecule has 1 amide bonds. The van der Waals surface area contributed by atoms with Crippen molar-refractivity contribution in [3.05, 3.63) is 0 Å². The molecule has 0 aromatic heterocycles. The van der Waals surface area contributed by atoms with E-state index in [2.05, 4.69) is 5.32 Å². The van der Waals surface area contributed by atoms with Gasteiger partial charge < -0.3 is 16.2 Å². The van der Waals surface area contributed by atoms with Crippen molar-refractivity contribution in [2.75, 3.05) is 6.54 Å². The van der Waals surface area contributed by atoms with Crippen LogP contribution in [0.25, 0.3) is 0 Å². The monoisotopic (exact) mass is 256 g/mol. The Morgan fingerprint density at radius 1 is 1.39 bits per heavy atom. The molecule has 3 atom stereocenters. The lowest BCUT2D eigenvalue weighted by molar-refractivity contribution is -0.145. The van der Waals surface area contributed by atoms with Crippen molar-refractivity contribution in [1.29, 1.82) is 0 Å².